The number of β-amino-alcohol motifs (C(OH)–C–C–N with tert-alkyl or cyclic N) is 1. The average Bonchev–Trinajstić information content (AvgIpc) is 2.69. The van der Waals surface area contributed by atoms with E-state index in [2.05, 4.69) is 9.80 Å². The van der Waals surface area contributed by atoms with Gasteiger partial charge in [-0.2, -0.15) is 0 Å². The lowest BCUT2D eigenvalue weighted by molar-refractivity contribution is 0.169. The van der Waals surface area contributed by atoms with Crippen LogP contribution < -0.4 is 5.73 Å². The molecule has 1 aliphatic heterocycles. The Kier molecular flexibility index (Phi) is 5.10. The molecular formula is C15H24FN3O. The molecule has 2 rings (SSSR count). The van der Waals surface area contributed by atoms with Gasteiger partial charge in [-0.15, -0.1) is 0 Å². The first-order valence-electron chi connectivity index (χ1n) is 7.03. The fourth-order valence-electron chi connectivity index (χ4n) is 2.92. The molecule has 1 heterocycles. The zero-order chi connectivity index (χ0) is 14.7. The molecule has 1 aromatic carbocycles. The van der Waals surface area contributed by atoms with Gasteiger partial charge in [0.2, 0.25) is 0 Å². The second kappa shape index (κ2) is 6.63. The molecule has 1 saturated heterocycles. The second-order valence-electron chi connectivity index (χ2n) is 5.85. The molecule has 2 unspecified atom stereocenters. The van der Waals surface area contributed by atoms with Crippen molar-refractivity contribution >= 4 is 0 Å². The molecule has 5 heteroatoms. The summed E-state index contributed by atoms with van der Waals surface area (Å²) in [5, 5.41) is 9.88. The third kappa shape index (κ3) is 3.76. The second-order valence-corrected chi connectivity index (χ2v) is 5.85. The van der Waals surface area contributed by atoms with Gasteiger partial charge in [0.05, 0.1) is 6.10 Å². The number of rotatable bonds is 5. The Morgan fingerprint density at radius 1 is 1.40 bits per heavy atom. The molecule has 0 aromatic heterocycles. The maximum atomic E-state index is 13.4. The van der Waals surface area contributed by atoms with Crippen molar-refractivity contribution in [2.45, 2.75) is 31.7 Å². The standard InChI is InChI=1S/C15H24FN3O/c1-18(2)9-14-6-15(20)10-19(14)8-12-5-13(16)4-3-11(12)7-17/h3-5,14-15,20H,6-10,17H2,1-2H3. The van der Waals surface area contributed by atoms with Crippen LogP contribution in [0.4, 0.5) is 4.39 Å². The van der Waals surface area contributed by atoms with Gasteiger partial charge in [-0.05, 0) is 43.8 Å². The van der Waals surface area contributed by atoms with E-state index >= 15 is 0 Å². The van der Waals surface area contributed by atoms with Crippen molar-refractivity contribution < 1.29 is 9.50 Å². The van der Waals surface area contributed by atoms with Crippen molar-refractivity contribution in [2.24, 2.45) is 5.73 Å². The average molecular weight is 281 g/mol. The molecule has 0 saturated carbocycles. The fraction of sp³-hybridized carbons (Fsp3) is 0.600. The van der Waals surface area contributed by atoms with E-state index in [4.69, 9.17) is 5.73 Å². The van der Waals surface area contributed by atoms with Crippen molar-refractivity contribution in [3.63, 3.8) is 0 Å². The van der Waals surface area contributed by atoms with Gasteiger partial charge >= 0.3 is 0 Å². The lowest BCUT2D eigenvalue weighted by atomic mass is 10.1. The van der Waals surface area contributed by atoms with Crippen molar-refractivity contribution in [1.29, 1.82) is 0 Å². The lowest BCUT2D eigenvalue weighted by Gasteiger charge is -2.27. The summed E-state index contributed by atoms with van der Waals surface area (Å²) in [6.07, 6.45) is 0.473. The first-order valence-corrected chi connectivity index (χ1v) is 7.03. The third-order valence-corrected chi connectivity index (χ3v) is 3.84. The minimum absolute atomic E-state index is 0.235. The van der Waals surface area contributed by atoms with Crippen LogP contribution in [0.1, 0.15) is 17.5 Å². The largest absolute Gasteiger partial charge is 0.392 e. The van der Waals surface area contributed by atoms with Crippen LogP contribution in [-0.4, -0.2) is 54.2 Å². The third-order valence-electron chi connectivity index (χ3n) is 3.84. The van der Waals surface area contributed by atoms with Crippen LogP contribution in [0.5, 0.6) is 0 Å². The molecule has 0 radical (unpaired) electrons. The van der Waals surface area contributed by atoms with Gasteiger partial charge in [-0.1, -0.05) is 6.07 Å². The van der Waals surface area contributed by atoms with Crippen molar-refractivity contribution in [2.75, 3.05) is 27.2 Å². The summed E-state index contributed by atoms with van der Waals surface area (Å²) >= 11 is 0. The molecular weight excluding hydrogens is 257 g/mol. The Balaban J connectivity index is 2.13. The van der Waals surface area contributed by atoms with Crippen molar-refractivity contribution in [3.8, 4) is 0 Å². The Bertz CT molecular complexity index is 453. The summed E-state index contributed by atoms with van der Waals surface area (Å²) in [4.78, 5) is 4.34. The number of hydrogen-bond donors (Lipinski definition) is 2. The van der Waals surface area contributed by atoms with E-state index < -0.39 is 0 Å². The molecule has 20 heavy (non-hydrogen) atoms. The Morgan fingerprint density at radius 2 is 2.15 bits per heavy atom. The molecule has 112 valence electrons. The summed E-state index contributed by atoms with van der Waals surface area (Å²) < 4.78 is 13.4. The molecule has 0 aliphatic carbocycles. The van der Waals surface area contributed by atoms with Crippen molar-refractivity contribution in [1.82, 2.24) is 9.80 Å². The quantitative estimate of drug-likeness (QED) is 0.837. The van der Waals surface area contributed by atoms with Crippen molar-refractivity contribution in [3.05, 3.63) is 35.1 Å². The minimum Gasteiger partial charge on any atom is -0.392 e. The highest BCUT2D eigenvalue weighted by atomic mass is 19.1. The number of nitrogens with two attached hydrogens (primary N) is 1. The maximum Gasteiger partial charge on any atom is 0.123 e. The van der Waals surface area contributed by atoms with Gasteiger partial charge in [0.1, 0.15) is 5.82 Å². The number of aliphatic hydroxyl groups excluding tert-OH is 1. The van der Waals surface area contributed by atoms with E-state index in [-0.39, 0.29) is 11.9 Å². The number of halogens is 1. The fourth-order valence-corrected chi connectivity index (χ4v) is 2.92. The highest BCUT2D eigenvalue weighted by molar-refractivity contribution is 5.28. The number of hydrogen-bond acceptors (Lipinski definition) is 4. The zero-order valence-corrected chi connectivity index (χ0v) is 12.2. The van der Waals surface area contributed by atoms with Gasteiger partial charge < -0.3 is 15.7 Å². The smallest absolute Gasteiger partial charge is 0.123 e. The van der Waals surface area contributed by atoms with Crippen LogP contribution >= 0.6 is 0 Å². The summed E-state index contributed by atoms with van der Waals surface area (Å²) in [6, 6.07) is 5.05. The monoisotopic (exact) mass is 281 g/mol. The van der Waals surface area contributed by atoms with Gasteiger partial charge in [0, 0.05) is 32.2 Å². The van der Waals surface area contributed by atoms with E-state index in [1.54, 1.807) is 12.1 Å². The van der Waals surface area contributed by atoms with E-state index in [0.29, 0.717) is 25.7 Å². The normalized spacial score (nSPS) is 23.7. The Hall–Kier alpha value is -1.01. The highest BCUT2D eigenvalue weighted by Crippen LogP contribution is 2.23. The number of nitrogens with zero attached hydrogens (tertiary/aromatic N) is 2. The van der Waals surface area contributed by atoms with Crippen LogP contribution in [0, 0.1) is 5.82 Å². The van der Waals surface area contributed by atoms with E-state index in [9.17, 15) is 9.50 Å². The number of aliphatic hydroxyl groups is 1. The predicted octanol–water partition coefficient (Wildman–Crippen LogP) is 0.781. The van der Waals surface area contributed by atoms with Gasteiger partial charge in [0.15, 0.2) is 0 Å². The Labute approximate surface area is 120 Å². The molecule has 0 spiro atoms. The van der Waals surface area contributed by atoms with Crippen LogP contribution in [-0.2, 0) is 13.1 Å². The van der Waals surface area contributed by atoms with Crippen LogP contribution in [0.15, 0.2) is 18.2 Å². The van der Waals surface area contributed by atoms with Gasteiger partial charge in [-0.3, -0.25) is 4.90 Å². The predicted molar refractivity (Wildman–Crippen MR) is 77.7 cm³/mol. The van der Waals surface area contributed by atoms with Gasteiger partial charge in [0.25, 0.3) is 0 Å². The summed E-state index contributed by atoms with van der Waals surface area (Å²) in [5.74, 6) is -0.235. The molecule has 1 fully saturated rings. The molecule has 1 aliphatic rings. The van der Waals surface area contributed by atoms with Crippen LogP contribution in [0.3, 0.4) is 0 Å². The summed E-state index contributed by atoms with van der Waals surface area (Å²) in [7, 11) is 4.05. The van der Waals surface area contributed by atoms with Crippen LogP contribution in [0.2, 0.25) is 0 Å². The first kappa shape index (κ1) is 15.4. The first-order chi connectivity index (χ1) is 9.49. The minimum atomic E-state index is -0.296. The van der Waals surface area contributed by atoms with E-state index in [0.717, 1.165) is 24.1 Å². The van der Waals surface area contributed by atoms with E-state index in [1.165, 1.54) is 6.07 Å². The molecule has 1 aromatic rings. The molecule has 4 nitrogen and oxygen atoms in total. The highest BCUT2D eigenvalue weighted by Gasteiger charge is 2.31. The molecule has 0 amide bonds. The number of likely N-dealkylation sites (N-methyl/N-ethyl adjacent to an activating group) is 1. The molecule has 2 atom stereocenters. The molecule has 0 bridgehead atoms. The number of likely N-dealkylation sites (tertiary alicyclic amines) is 1. The van der Waals surface area contributed by atoms with Crippen LogP contribution in [0.25, 0.3) is 0 Å². The topological polar surface area (TPSA) is 52.7 Å². The molecule has 3 N–H and O–H groups in total. The number of benzene rings is 1. The SMILES string of the molecule is CN(C)CC1CC(O)CN1Cc1cc(F)ccc1CN. The lowest BCUT2D eigenvalue weighted by Crippen LogP contribution is -2.37. The van der Waals surface area contributed by atoms with E-state index in [1.807, 2.05) is 14.1 Å². The summed E-state index contributed by atoms with van der Waals surface area (Å²) in [6.45, 7) is 2.58. The summed E-state index contributed by atoms with van der Waals surface area (Å²) in [5.41, 5.74) is 7.61. The maximum absolute atomic E-state index is 13.4. The van der Waals surface area contributed by atoms with Gasteiger partial charge in [-0.25, -0.2) is 4.39 Å². The zero-order valence-electron chi connectivity index (χ0n) is 12.2. The Morgan fingerprint density at radius 3 is 2.80 bits per heavy atom.